The van der Waals surface area contributed by atoms with Crippen LogP contribution in [-0.4, -0.2) is 25.0 Å². The van der Waals surface area contributed by atoms with Gasteiger partial charge >= 0.3 is 0 Å². The Kier molecular flexibility index (Phi) is 6.39. The van der Waals surface area contributed by atoms with Crippen LogP contribution >= 0.6 is 0 Å². The van der Waals surface area contributed by atoms with Crippen LogP contribution < -0.4 is 15.4 Å². The van der Waals surface area contributed by atoms with E-state index in [1.807, 2.05) is 13.8 Å². The summed E-state index contributed by atoms with van der Waals surface area (Å²) in [4.78, 5) is 24.9. The van der Waals surface area contributed by atoms with E-state index in [2.05, 4.69) is 10.6 Å². The molecule has 6 heteroatoms. The minimum atomic E-state index is -0.389. The van der Waals surface area contributed by atoms with Crippen molar-refractivity contribution >= 4 is 17.9 Å². The number of hydrogen-bond donors (Lipinski definition) is 2. The fourth-order valence-corrected chi connectivity index (χ4v) is 2.01. The second kappa shape index (κ2) is 8.73. The Morgan fingerprint density at radius 2 is 1.96 bits per heavy atom. The Morgan fingerprint density at radius 1 is 1.24 bits per heavy atom. The van der Waals surface area contributed by atoms with Gasteiger partial charge in [-0.3, -0.25) is 9.59 Å². The highest BCUT2D eigenvalue weighted by molar-refractivity contribution is 6.05. The molecule has 2 N–H and O–H groups in total. The lowest BCUT2D eigenvalue weighted by Gasteiger charge is -2.14. The second-order valence-electron chi connectivity index (χ2n) is 5.54. The number of carbonyl (C=O) groups excluding carboxylic acids is 2. The number of rotatable bonds is 7. The maximum atomic E-state index is 12.5. The molecule has 0 fully saturated rings. The normalized spacial score (nSPS) is 12.4. The average Bonchev–Trinajstić information content (AvgIpc) is 3.14. The SMILES string of the molecule is CC[C@@H](C)NC(=O)/C(=C/c1ccco1)NC(=O)c1ccc(OC)cc1. The lowest BCUT2D eigenvalue weighted by atomic mass is 10.2. The van der Waals surface area contributed by atoms with E-state index in [4.69, 9.17) is 9.15 Å². The summed E-state index contributed by atoms with van der Waals surface area (Å²) in [5.41, 5.74) is 0.540. The van der Waals surface area contributed by atoms with Crippen molar-refractivity contribution in [3.63, 3.8) is 0 Å². The van der Waals surface area contributed by atoms with Gasteiger partial charge in [-0.25, -0.2) is 0 Å². The Balaban J connectivity index is 2.19. The lowest BCUT2D eigenvalue weighted by Crippen LogP contribution is -2.38. The predicted octanol–water partition coefficient (Wildman–Crippen LogP) is 2.97. The van der Waals surface area contributed by atoms with Gasteiger partial charge in [-0.05, 0) is 49.7 Å². The van der Waals surface area contributed by atoms with E-state index >= 15 is 0 Å². The largest absolute Gasteiger partial charge is 0.497 e. The number of hydrogen-bond acceptors (Lipinski definition) is 4. The smallest absolute Gasteiger partial charge is 0.268 e. The number of ether oxygens (including phenoxy) is 1. The van der Waals surface area contributed by atoms with Crippen LogP contribution in [0.1, 0.15) is 36.4 Å². The highest BCUT2D eigenvalue weighted by Gasteiger charge is 2.16. The zero-order chi connectivity index (χ0) is 18.2. The Hall–Kier alpha value is -3.02. The molecule has 0 saturated carbocycles. The fraction of sp³-hybridized carbons (Fsp3) is 0.263. The van der Waals surface area contributed by atoms with E-state index in [1.165, 1.54) is 12.3 Å². The van der Waals surface area contributed by atoms with Gasteiger partial charge in [0.15, 0.2) is 0 Å². The molecule has 132 valence electrons. The maximum absolute atomic E-state index is 12.5. The second-order valence-corrected chi connectivity index (χ2v) is 5.54. The maximum Gasteiger partial charge on any atom is 0.268 e. The van der Waals surface area contributed by atoms with E-state index in [0.29, 0.717) is 17.1 Å². The topological polar surface area (TPSA) is 80.6 Å². The Bertz CT molecular complexity index is 733. The third-order valence-electron chi connectivity index (χ3n) is 3.66. The molecule has 1 atom stereocenters. The molecule has 1 aromatic heterocycles. The van der Waals surface area contributed by atoms with Crippen LogP contribution in [0, 0.1) is 0 Å². The van der Waals surface area contributed by atoms with Crippen molar-refractivity contribution in [2.75, 3.05) is 7.11 Å². The van der Waals surface area contributed by atoms with Gasteiger partial charge in [-0.15, -0.1) is 0 Å². The molecule has 1 heterocycles. The first-order chi connectivity index (χ1) is 12.0. The predicted molar refractivity (Wildman–Crippen MR) is 95.0 cm³/mol. The number of amides is 2. The summed E-state index contributed by atoms with van der Waals surface area (Å²) in [5, 5.41) is 5.48. The molecule has 6 nitrogen and oxygen atoms in total. The summed E-state index contributed by atoms with van der Waals surface area (Å²) in [7, 11) is 1.55. The van der Waals surface area contributed by atoms with E-state index < -0.39 is 0 Å². The molecule has 0 aliphatic carbocycles. The highest BCUT2D eigenvalue weighted by Crippen LogP contribution is 2.12. The molecule has 2 amide bonds. The van der Waals surface area contributed by atoms with Crippen LogP contribution in [-0.2, 0) is 4.79 Å². The van der Waals surface area contributed by atoms with Gasteiger partial charge in [-0.2, -0.15) is 0 Å². The molecule has 0 bridgehead atoms. The van der Waals surface area contributed by atoms with Crippen LogP contribution in [0.5, 0.6) is 5.75 Å². The third kappa shape index (κ3) is 5.24. The van der Waals surface area contributed by atoms with Gasteiger partial charge in [-0.1, -0.05) is 6.92 Å². The van der Waals surface area contributed by atoms with E-state index in [0.717, 1.165) is 6.42 Å². The molecule has 1 aromatic carbocycles. The van der Waals surface area contributed by atoms with Crippen molar-refractivity contribution in [3.8, 4) is 5.75 Å². The van der Waals surface area contributed by atoms with Crippen LogP contribution in [0.2, 0.25) is 0 Å². The summed E-state index contributed by atoms with van der Waals surface area (Å²) in [6.07, 6.45) is 3.78. The van der Waals surface area contributed by atoms with Gasteiger partial charge in [0.1, 0.15) is 17.2 Å². The standard InChI is InChI=1S/C19H22N2O4/c1-4-13(2)20-19(23)17(12-16-6-5-11-25-16)21-18(22)14-7-9-15(24-3)10-8-14/h5-13H,4H2,1-3H3,(H,20,23)(H,21,22)/b17-12-/t13-/m1/s1. The Labute approximate surface area is 146 Å². The van der Waals surface area contributed by atoms with Crippen molar-refractivity contribution in [1.29, 1.82) is 0 Å². The summed E-state index contributed by atoms with van der Waals surface area (Å²) in [5.74, 6) is 0.370. The molecule has 0 aliphatic heterocycles. The van der Waals surface area contributed by atoms with Gasteiger partial charge in [0, 0.05) is 17.7 Å². The van der Waals surface area contributed by atoms with Crippen molar-refractivity contribution in [3.05, 3.63) is 59.7 Å². The summed E-state index contributed by atoms with van der Waals surface area (Å²) >= 11 is 0. The number of methoxy groups -OCH3 is 1. The molecular formula is C19H22N2O4. The van der Waals surface area contributed by atoms with Gasteiger partial charge < -0.3 is 19.8 Å². The van der Waals surface area contributed by atoms with Crippen molar-refractivity contribution in [2.24, 2.45) is 0 Å². The minimum Gasteiger partial charge on any atom is -0.497 e. The van der Waals surface area contributed by atoms with Crippen molar-refractivity contribution < 1.29 is 18.7 Å². The number of nitrogens with one attached hydrogen (secondary N) is 2. The van der Waals surface area contributed by atoms with Crippen LogP contribution in [0.4, 0.5) is 0 Å². The quantitative estimate of drug-likeness (QED) is 0.758. The summed E-state index contributed by atoms with van der Waals surface area (Å²) in [6, 6.07) is 10.0. The van der Waals surface area contributed by atoms with E-state index in [-0.39, 0.29) is 23.6 Å². The van der Waals surface area contributed by atoms with E-state index in [1.54, 1.807) is 43.5 Å². The third-order valence-corrected chi connectivity index (χ3v) is 3.66. The van der Waals surface area contributed by atoms with Crippen molar-refractivity contribution in [2.45, 2.75) is 26.3 Å². The van der Waals surface area contributed by atoms with Gasteiger partial charge in [0.05, 0.1) is 13.4 Å². The first-order valence-electron chi connectivity index (χ1n) is 8.05. The molecular weight excluding hydrogens is 320 g/mol. The van der Waals surface area contributed by atoms with Gasteiger partial charge in [0.2, 0.25) is 0 Å². The molecule has 0 saturated heterocycles. The van der Waals surface area contributed by atoms with Crippen LogP contribution in [0.25, 0.3) is 6.08 Å². The molecule has 25 heavy (non-hydrogen) atoms. The average molecular weight is 342 g/mol. The molecule has 0 unspecified atom stereocenters. The first-order valence-corrected chi connectivity index (χ1v) is 8.05. The number of benzene rings is 1. The zero-order valence-electron chi connectivity index (χ0n) is 14.5. The first kappa shape index (κ1) is 18.3. The van der Waals surface area contributed by atoms with Crippen molar-refractivity contribution in [1.82, 2.24) is 10.6 Å². The van der Waals surface area contributed by atoms with Crippen LogP contribution in [0.3, 0.4) is 0 Å². The molecule has 2 aromatic rings. The molecule has 2 rings (SSSR count). The molecule has 0 spiro atoms. The number of furan rings is 1. The van der Waals surface area contributed by atoms with Crippen LogP contribution in [0.15, 0.2) is 52.8 Å². The van der Waals surface area contributed by atoms with E-state index in [9.17, 15) is 9.59 Å². The fourth-order valence-electron chi connectivity index (χ4n) is 2.01. The molecule has 0 radical (unpaired) electrons. The Morgan fingerprint density at radius 3 is 2.52 bits per heavy atom. The summed E-state index contributed by atoms with van der Waals surface area (Å²) < 4.78 is 10.3. The monoisotopic (exact) mass is 342 g/mol. The highest BCUT2D eigenvalue weighted by atomic mass is 16.5. The molecule has 0 aliphatic rings. The lowest BCUT2D eigenvalue weighted by molar-refractivity contribution is -0.118. The van der Waals surface area contributed by atoms with Gasteiger partial charge in [0.25, 0.3) is 11.8 Å². The minimum absolute atomic E-state index is 0.00890. The number of carbonyl (C=O) groups is 2. The zero-order valence-corrected chi connectivity index (χ0v) is 14.5. The summed E-state index contributed by atoms with van der Waals surface area (Å²) in [6.45, 7) is 3.87.